The summed E-state index contributed by atoms with van der Waals surface area (Å²) in [6.45, 7) is 3.09. The largest absolute Gasteiger partial charge is 0.383 e. The first-order valence-corrected chi connectivity index (χ1v) is 6.58. The van der Waals surface area contributed by atoms with Crippen molar-refractivity contribution in [2.75, 3.05) is 13.7 Å². The van der Waals surface area contributed by atoms with E-state index in [2.05, 4.69) is 15.3 Å². The van der Waals surface area contributed by atoms with Gasteiger partial charge in [-0.3, -0.25) is 4.98 Å². The Labute approximate surface area is 118 Å². The summed E-state index contributed by atoms with van der Waals surface area (Å²) in [6.07, 6.45) is 1.79. The molecule has 1 aromatic carbocycles. The second-order valence-electron chi connectivity index (χ2n) is 4.69. The van der Waals surface area contributed by atoms with Gasteiger partial charge in [-0.25, -0.2) is 4.99 Å². The van der Waals surface area contributed by atoms with E-state index in [1.54, 1.807) is 13.3 Å². The highest BCUT2D eigenvalue weighted by Gasteiger charge is 2.03. The number of hydrogen-bond donors (Lipinski definition) is 2. The van der Waals surface area contributed by atoms with Gasteiger partial charge in [-0.15, -0.1) is 0 Å². The molecule has 1 aromatic heterocycles. The number of nitrogens with two attached hydrogens (primary N) is 1. The van der Waals surface area contributed by atoms with E-state index in [1.807, 2.05) is 37.3 Å². The Morgan fingerprint density at radius 3 is 3.00 bits per heavy atom. The molecule has 1 unspecified atom stereocenters. The van der Waals surface area contributed by atoms with Crippen LogP contribution < -0.4 is 11.1 Å². The van der Waals surface area contributed by atoms with E-state index in [9.17, 15) is 0 Å². The van der Waals surface area contributed by atoms with Crippen LogP contribution in [-0.4, -0.2) is 30.7 Å². The van der Waals surface area contributed by atoms with Crippen LogP contribution in [0.5, 0.6) is 0 Å². The fraction of sp³-hybridized carbons (Fsp3) is 0.333. The van der Waals surface area contributed by atoms with Crippen molar-refractivity contribution < 1.29 is 4.74 Å². The Bertz CT molecular complexity index is 592. The number of ether oxygens (including phenoxy) is 1. The highest BCUT2D eigenvalue weighted by molar-refractivity contribution is 5.82. The van der Waals surface area contributed by atoms with Gasteiger partial charge in [0, 0.05) is 24.7 Å². The Morgan fingerprint density at radius 2 is 2.20 bits per heavy atom. The third-order valence-electron chi connectivity index (χ3n) is 2.95. The molecule has 2 rings (SSSR count). The van der Waals surface area contributed by atoms with Crippen LogP contribution in [0.3, 0.4) is 0 Å². The van der Waals surface area contributed by atoms with E-state index in [-0.39, 0.29) is 6.04 Å². The Kier molecular flexibility index (Phi) is 4.90. The van der Waals surface area contributed by atoms with E-state index in [0.29, 0.717) is 19.1 Å². The third kappa shape index (κ3) is 3.68. The fourth-order valence-electron chi connectivity index (χ4n) is 2.06. The van der Waals surface area contributed by atoms with E-state index in [4.69, 9.17) is 10.5 Å². The molecule has 0 radical (unpaired) electrons. The first kappa shape index (κ1) is 14.3. The van der Waals surface area contributed by atoms with Gasteiger partial charge in [-0.1, -0.05) is 24.3 Å². The maximum Gasteiger partial charge on any atom is 0.189 e. The highest BCUT2D eigenvalue weighted by atomic mass is 16.5. The zero-order valence-corrected chi connectivity index (χ0v) is 11.8. The van der Waals surface area contributed by atoms with Crippen LogP contribution >= 0.6 is 0 Å². The summed E-state index contributed by atoms with van der Waals surface area (Å²) in [6, 6.07) is 10.2. The molecule has 0 spiro atoms. The monoisotopic (exact) mass is 272 g/mol. The lowest BCUT2D eigenvalue weighted by atomic mass is 10.1. The van der Waals surface area contributed by atoms with Crippen molar-refractivity contribution in [1.82, 2.24) is 10.3 Å². The van der Waals surface area contributed by atoms with Crippen LogP contribution in [0, 0.1) is 0 Å². The number of rotatable bonds is 5. The molecule has 0 aliphatic carbocycles. The molecule has 20 heavy (non-hydrogen) atoms. The topological polar surface area (TPSA) is 72.5 Å². The summed E-state index contributed by atoms with van der Waals surface area (Å²) in [5.74, 6) is 0.419. The summed E-state index contributed by atoms with van der Waals surface area (Å²) in [4.78, 5) is 8.75. The van der Waals surface area contributed by atoms with Crippen molar-refractivity contribution >= 4 is 16.9 Å². The van der Waals surface area contributed by atoms with Gasteiger partial charge in [-0.05, 0) is 18.6 Å². The van der Waals surface area contributed by atoms with Crippen LogP contribution in [0.1, 0.15) is 12.5 Å². The van der Waals surface area contributed by atoms with Crippen LogP contribution in [0.2, 0.25) is 0 Å². The Morgan fingerprint density at radius 1 is 1.40 bits per heavy atom. The molecular weight excluding hydrogens is 252 g/mol. The molecule has 0 aliphatic heterocycles. The van der Waals surface area contributed by atoms with Gasteiger partial charge in [0.05, 0.1) is 18.7 Å². The molecule has 5 nitrogen and oxygen atoms in total. The zero-order chi connectivity index (χ0) is 14.4. The summed E-state index contributed by atoms with van der Waals surface area (Å²) in [7, 11) is 1.66. The van der Waals surface area contributed by atoms with Crippen LogP contribution in [0.15, 0.2) is 41.5 Å². The quantitative estimate of drug-likeness (QED) is 0.641. The first-order chi connectivity index (χ1) is 9.70. The molecule has 0 fully saturated rings. The lowest BCUT2D eigenvalue weighted by molar-refractivity contribution is 0.179. The molecule has 0 bridgehead atoms. The molecule has 2 aromatic rings. The summed E-state index contributed by atoms with van der Waals surface area (Å²) >= 11 is 0. The average molecular weight is 272 g/mol. The minimum Gasteiger partial charge on any atom is -0.383 e. The van der Waals surface area contributed by atoms with Crippen molar-refractivity contribution in [1.29, 1.82) is 0 Å². The second-order valence-corrected chi connectivity index (χ2v) is 4.69. The molecule has 0 saturated carbocycles. The van der Waals surface area contributed by atoms with Crippen molar-refractivity contribution in [3.05, 3.63) is 42.1 Å². The number of guanidine groups is 1. The standard InChI is InChI=1S/C15H20N4O/c1-11(10-20-2)19-15(16)18-9-13-6-3-5-12-7-4-8-17-14(12)13/h3-8,11H,9-10H2,1-2H3,(H3,16,18,19). The van der Waals surface area contributed by atoms with Crippen LogP contribution in [0.4, 0.5) is 0 Å². The van der Waals surface area contributed by atoms with Crippen molar-refractivity contribution in [3.8, 4) is 0 Å². The molecule has 0 aliphatic rings. The number of nitrogens with one attached hydrogen (secondary N) is 1. The molecule has 1 atom stereocenters. The summed E-state index contributed by atoms with van der Waals surface area (Å²) < 4.78 is 5.04. The van der Waals surface area contributed by atoms with Crippen molar-refractivity contribution in [2.24, 2.45) is 10.7 Å². The molecule has 5 heteroatoms. The van der Waals surface area contributed by atoms with Crippen LogP contribution in [-0.2, 0) is 11.3 Å². The average Bonchev–Trinajstić information content (AvgIpc) is 2.45. The number of hydrogen-bond acceptors (Lipinski definition) is 3. The SMILES string of the molecule is COCC(C)NC(N)=NCc1cccc2cccnc12. The molecule has 0 saturated heterocycles. The highest BCUT2D eigenvalue weighted by Crippen LogP contribution is 2.16. The second kappa shape index (κ2) is 6.86. The van der Waals surface area contributed by atoms with Gasteiger partial charge in [-0.2, -0.15) is 0 Å². The molecule has 106 valence electrons. The maximum atomic E-state index is 5.86. The predicted octanol–water partition coefficient (Wildman–Crippen LogP) is 1.67. The van der Waals surface area contributed by atoms with E-state index < -0.39 is 0 Å². The number of pyridine rings is 1. The zero-order valence-electron chi connectivity index (χ0n) is 11.8. The molecule has 3 N–H and O–H groups in total. The van der Waals surface area contributed by atoms with Gasteiger partial charge in [0.25, 0.3) is 0 Å². The summed E-state index contributed by atoms with van der Waals surface area (Å²) in [5, 5.41) is 4.19. The minimum atomic E-state index is 0.134. The number of fused-ring (bicyclic) bond motifs is 1. The lowest BCUT2D eigenvalue weighted by Gasteiger charge is -2.13. The number of aromatic nitrogens is 1. The first-order valence-electron chi connectivity index (χ1n) is 6.58. The maximum absolute atomic E-state index is 5.86. The number of aliphatic imine (C=N–C) groups is 1. The van der Waals surface area contributed by atoms with Crippen molar-refractivity contribution in [2.45, 2.75) is 19.5 Å². The van der Waals surface area contributed by atoms with Crippen molar-refractivity contribution in [3.63, 3.8) is 0 Å². The number of methoxy groups -OCH3 is 1. The molecule has 0 amide bonds. The Balaban J connectivity index is 2.08. The van der Waals surface area contributed by atoms with Gasteiger partial charge in [0.15, 0.2) is 5.96 Å². The number of nitrogens with zero attached hydrogens (tertiary/aromatic N) is 2. The minimum absolute atomic E-state index is 0.134. The number of benzene rings is 1. The van der Waals surface area contributed by atoms with E-state index in [0.717, 1.165) is 16.5 Å². The van der Waals surface area contributed by atoms with Gasteiger partial charge in [0.1, 0.15) is 0 Å². The lowest BCUT2D eigenvalue weighted by Crippen LogP contribution is -2.40. The van der Waals surface area contributed by atoms with E-state index in [1.165, 1.54) is 0 Å². The molecular formula is C15H20N4O. The van der Waals surface area contributed by atoms with Crippen LogP contribution in [0.25, 0.3) is 10.9 Å². The predicted molar refractivity (Wildman–Crippen MR) is 81.5 cm³/mol. The normalized spacial score (nSPS) is 13.4. The summed E-state index contributed by atoms with van der Waals surface area (Å²) in [5.41, 5.74) is 7.89. The molecule has 1 heterocycles. The smallest absolute Gasteiger partial charge is 0.189 e. The van der Waals surface area contributed by atoms with Gasteiger partial charge in [0.2, 0.25) is 0 Å². The fourth-order valence-corrected chi connectivity index (χ4v) is 2.06. The third-order valence-corrected chi connectivity index (χ3v) is 2.95. The Hall–Kier alpha value is -2.14. The van der Waals surface area contributed by atoms with E-state index >= 15 is 0 Å². The van der Waals surface area contributed by atoms with Gasteiger partial charge >= 0.3 is 0 Å². The van der Waals surface area contributed by atoms with Gasteiger partial charge < -0.3 is 15.8 Å². The number of para-hydroxylation sites is 1.